The number of nitrogens with two attached hydrogens (primary N) is 1. The fourth-order valence-corrected chi connectivity index (χ4v) is 2.24. The number of nitrogens with zero attached hydrogens (tertiary/aromatic N) is 2. The monoisotopic (exact) mass is 261 g/mol. The molecule has 0 bridgehead atoms. The minimum absolute atomic E-state index is 0.325. The summed E-state index contributed by atoms with van der Waals surface area (Å²) in [4.78, 5) is 6.49. The third kappa shape index (κ3) is 3.00. The molecule has 1 aromatic carbocycles. The highest BCUT2D eigenvalue weighted by atomic mass is 35.5. The van der Waals surface area contributed by atoms with E-state index in [-0.39, 0.29) is 0 Å². The summed E-state index contributed by atoms with van der Waals surface area (Å²) in [5, 5.41) is 0.325. The molecule has 4 heteroatoms. The van der Waals surface area contributed by atoms with E-state index in [9.17, 15) is 0 Å². The van der Waals surface area contributed by atoms with Crippen LogP contribution >= 0.6 is 11.6 Å². The Morgan fingerprint density at radius 1 is 1.39 bits per heavy atom. The van der Waals surface area contributed by atoms with Crippen LogP contribution in [0, 0.1) is 0 Å². The second-order valence-corrected chi connectivity index (χ2v) is 4.62. The Morgan fingerprint density at radius 3 is 2.72 bits per heavy atom. The van der Waals surface area contributed by atoms with Crippen LogP contribution in [-0.4, -0.2) is 23.7 Å². The Morgan fingerprint density at radius 2 is 2.11 bits per heavy atom. The van der Waals surface area contributed by atoms with Crippen LogP contribution in [-0.2, 0) is 6.54 Å². The zero-order valence-corrected chi connectivity index (χ0v) is 10.9. The van der Waals surface area contributed by atoms with E-state index in [4.69, 9.17) is 17.3 Å². The Labute approximate surface area is 112 Å². The van der Waals surface area contributed by atoms with Crippen LogP contribution in [0.15, 0.2) is 58.8 Å². The fourth-order valence-electron chi connectivity index (χ4n) is 2.07. The van der Waals surface area contributed by atoms with Crippen molar-refractivity contribution in [2.75, 3.05) is 13.1 Å². The van der Waals surface area contributed by atoms with Gasteiger partial charge in [0.05, 0.1) is 5.71 Å². The van der Waals surface area contributed by atoms with Gasteiger partial charge in [-0.25, -0.2) is 0 Å². The summed E-state index contributed by atoms with van der Waals surface area (Å²) >= 11 is 5.90. The zero-order valence-electron chi connectivity index (χ0n) is 10.1. The SMILES string of the molecule is C=C/N=C1/CN(Cc2ccccc2)C/C1=C(/N)Cl. The van der Waals surface area contributed by atoms with E-state index in [1.165, 1.54) is 11.8 Å². The van der Waals surface area contributed by atoms with Crippen LogP contribution in [0.3, 0.4) is 0 Å². The highest BCUT2D eigenvalue weighted by Gasteiger charge is 2.24. The summed E-state index contributed by atoms with van der Waals surface area (Å²) in [5.41, 5.74) is 8.77. The largest absolute Gasteiger partial charge is 0.389 e. The minimum atomic E-state index is 0.325. The maximum atomic E-state index is 5.90. The normalized spacial score (nSPS) is 21.3. The van der Waals surface area contributed by atoms with Crippen LogP contribution in [0.2, 0.25) is 0 Å². The molecule has 18 heavy (non-hydrogen) atoms. The van der Waals surface area contributed by atoms with Crippen LogP contribution < -0.4 is 5.73 Å². The molecule has 0 unspecified atom stereocenters. The molecule has 0 aliphatic carbocycles. The summed E-state index contributed by atoms with van der Waals surface area (Å²) in [6.45, 7) is 5.97. The molecule has 1 saturated heterocycles. The lowest BCUT2D eigenvalue weighted by Crippen LogP contribution is -2.20. The lowest BCUT2D eigenvalue weighted by Gasteiger charge is -2.13. The number of benzene rings is 1. The van der Waals surface area contributed by atoms with Gasteiger partial charge >= 0.3 is 0 Å². The third-order valence-corrected chi connectivity index (χ3v) is 3.12. The van der Waals surface area contributed by atoms with E-state index in [2.05, 4.69) is 28.6 Å². The fraction of sp³-hybridized carbons (Fsp3) is 0.214. The molecule has 0 saturated carbocycles. The van der Waals surface area contributed by atoms with Crippen molar-refractivity contribution in [3.05, 3.63) is 59.4 Å². The Kier molecular flexibility index (Phi) is 4.18. The standard InChI is InChI=1S/C14H16ClN3/c1-2-17-13-10-18(9-12(13)14(15)16)8-11-6-4-3-5-7-11/h2-7H,1,8-10,16H2/b14-12-,17-13-. The maximum Gasteiger partial charge on any atom is 0.106 e. The van der Waals surface area contributed by atoms with Crippen molar-refractivity contribution in [1.29, 1.82) is 0 Å². The first kappa shape index (κ1) is 12.9. The predicted molar refractivity (Wildman–Crippen MR) is 76.4 cm³/mol. The van der Waals surface area contributed by atoms with Crippen molar-refractivity contribution in [3.8, 4) is 0 Å². The smallest absolute Gasteiger partial charge is 0.106 e. The van der Waals surface area contributed by atoms with Gasteiger partial charge in [-0.2, -0.15) is 0 Å². The van der Waals surface area contributed by atoms with Crippen molar-refractivity contribution in [3.63, 3.8) is 0 Å². The number of aliphatic imine (C=N–C) groups is 1. The van der Waals surface area contributed by atoms with Gasteiger partial charge < -0.3 is 5.73 Å². The van der Waals surface area contributed by atoms with E-state index in [0.29, 0.717) is 5.16 Å². The molecular weight excluding hydrogens is 246 g/mol. The topological polar surface area (TPSA) is 41.6 Å². The molecule has 0 spiro atoms. The summed E-state index contributed by atoms with van der Waals surface area (Å²) in [7, 11) is 0. The van der Waals surface area contributed by atoms with Gasteiger partial charge in [0.15, 0.2) is 0 Å². The summed E-state index contributed by atoms with van der Waals surface area (Å²) in [6.07, 6.45) is 1.53. The van der Waals surface area contributed by atoms with Gasteiger partial charge in [-0.05, 0) is 5.56 Å². The van der Waals surface area contributed by atoms with Gasteiger partial charge in [-0.1, -0.05) is 48.5 Å². The van der Waals surface area contributed by atoms with Gasteiger partial charge in [0, 0.05) is 31.4 Å². The Balaban J connectivity index is 2.13. The summed E-state index contributed by atoms with van der Waals surface area (Å²) in [6, 6.07) is 10.3. The van der Waals surface area contributed by atoms with Crippen molar-refractivity contribution >= 4 is 17.3 Å². The van der Waals surface area contributed by atoms with Gasteiger partial charge in [0.1, 0.15) is 5.16 Å². The van der Waals surface area contributed by atoms with Crippen LogP contribution in [0.4, 0.5) is 0 Å². The van der Waals surface area contributed by atoms with Gasteiger partial charge in [-0.15, -0.1) is 0 Å². The lowest BCUT2D eigenvalue weighted by molar-refractivity contribution is 0.353. The molecule has 1 aromatic rings. The molecule has 1 aliphatic heterocycles. The quantitative estimate of drug-likeness (QED) is 0.850. The van der Waals surface area contributed by atoms with Gasteiger partial charge in [0.2, 0.25) is 0 Å². The second-order valence-electron chi connectivity index (χ2n) is 4.22. The minimum Gasteiger partial charge on any atom is -0.389 e. The molecule has 2 rings (SSSR count). The first-order chi connectivity index (χ1) is 8.70. The highest BCUT2D eigenvalue weighted by molar-refractivity contribution is 6.32. The van der Waals surface area contributed by atoms with E-state index >= 15 is 0 Å². The van der Waals surface area contributed by atoms with Crippen molar-refractivity contribution < 1.29 is 0 Å². The Hall–Kier alpha value is -1.58. The van der Waals surface area contributed by atoms with Gasteiger partial charge in [0.25, 0.3) is 0 Å². The number of hydrogen-bond donors (Lipinski definition) is 1. The van der Waals surface area contributed by atoms with Crippen LogP contribution in [0.5, 0.6) is 0 Å². The molecule has 1 aliphatic rings. The highest BCUT2D eigenvalue weighted by Crippen LogP contribution is 2.19. The maximum absolute atomic E-state index is 5.90. The van der Waals surface area contributed by atoms with Crippen molar-refractivity contribution in [1.82, 2.24) is 4.90 Å². The number of halogens is 1. The van der Waals surface area contributed by atoms with E-state index in [1.54, 1.807) is 0 Å². The molecule has 1 heterocycles. The third-order valence-electron chi connectivity index (χ3n) is 2.89. The lowest BCUT2D eigenvalue weighted by atomic mass is 10.2. The van der Waals surface area contributed by atoms with Crippen LogP contribution in [0.25, 0.3) is 0 Å². The predicted octanol–water partition coefficient (Wildman–Crippen LogP) is 2.50. The first-order valence-corrected chi connectivity index (χ1v) is 6.17. The average molecular weight is 262 g/mol. The van der Waals surface area contributed by atoms with E-state index < -0.39 is 0 Å². The molecular formula is C14H16ClN3. The molecule has 0 atom stereocenters. The molecule has 0 radical (unpaired) electrons. The second kappa shape index (κ2) is 5.85. The summed E-state index contributed by atoms with van der Waals surface area (Å²) in [5.74, 6) is 0. The van der Waals surface area contributed by atoms with E-state index in [1.807, 2.05) is 18.2 Å². The molecule has 2 N–H and O–H groups in total. The number of rotatable bonds is 3. The summed E-state index contributed by atoms with van der Waals surface area (Å²) < 4.78 is 0. The molecule has 0 aromatic heterocycles. The molecule has 1 fully saturated rings. The zero-order chi connectivity index (χ0) is 13.0. The molecule has 3 nitrogen and oxygen atoms in total. The van der Waals surface area contributed by atoms with Crippen LogP contribution in [0.1, 0.15) is 5.56 Å². The van der Waals surface area contributed by atoms with Gasteiger partial charge in [-0.3, -0.25) is 9.89 Å². The van der Waals surface area contributed by atoms with Crippen molar-refractivity contribution in [2.45, 2.75) is 6.54 Å². The van der Waals surface area contributed by atoms with E-state index in [0.717, 1.165) is 30.9 Å². The first-order valence-electron chi connectivity index (χ1n) is 5.79. The van der Waals surface area contributed by atoms with Crippen molar-refractivity contribution in [2.24, 2.45) is 10.7 Å². The molecule has 0 amide bonds. The molecule has 94 valence electrons. The number of likely N-dealkylation sites (tertiary alicyclic amines) is 1. The Bertz CT molecular complexity index is 487. The average Bonchev–Trinajstić information content (AvgIpc) is 2.74. The number of hydrogen-bond acceptors (Lipinski definition) is 3.